The first-order chi connectivity index (χ1) is 6.04. The van der Waals surface area contributed by atoms with Crippen LogP contribution in [0.3, 0.4) is 0 Å². The summed E-state index contributed by atoms with van der Waals surface area (Å²) in [5.74, 6) is 0.573. The predicted molar refractivity (Wildman–Crippen MR) is 50.3 cm³/mol. The number of hydrogen-bond acceptors (Lipinski definition) is 2. The summed E-state index contributed by atoms with van der Waals surface area (Å²) in [6.45, 7) is 7.93. The van der Waals surface area contributed by atoms with Gasteiger partial charge in [-0.1, -0.05) is 0 Å². The van der Waals surface area contributed by atoms with Crippen molar-refractivity contribution >= 4 is 5.97 Å². The molecule has 0 saturated heterocycles. The van der Waals surface area contributed by atoms with Crippen LogP contribution in [0.1, 0.15) is 32.6 Å². The fourth-order valence-corrected chi connectivity index (χ4v) is 1.92. The van der Waals surface area contributed by atoms with Gasteiger partial charge in [-0.2, -0.15) is 0 Å². The summed E-state index contributed by atoms with van der Waals surface area (Å²) in [5, 5.41) is 0. The maximum Gasteiger partial charge on any atom is 0.344 e. The summed E-state index contributed by atoms with van der Waals surface area (Å²) in [6, 6.07) is 0. The van der Waals surface area contributed by atoms with Gasteiger partial charge < -0.3 is 4.74 Å². The molecule has 2 heteroatoms. The zero-order valence-electron chi connectivity index (χ0n) is 8.32. The normalized spacial score (nSPS) is 13.4. The van der Waals surface area contributed by atoms with Gasteiger partial charge in [0.1, 0.15) is 5.75 Å². The molecule has 1 aromatic carbocycles. The van der Waals surface area contributed by atoms with E-state index in [1.54, 1.807) is 0 Å². The standard InChI is InChI=1S/C11H12O2/c1-5-6(2)9-8(4)10(7(5)3)13-11(9)12/h1-4H3. The summed E-state index contributed by atoms with van der Waals surface area (Å²) in [7, 11) is 0. The average molecular weight is 176 g/mol. The van der Waals surface area contributed by atoms with Gasteiger partial charge in [-0.25, -0.2) is 4.79 Å². The van der Waals surface area contributed by atoms with Crippen LogP contribution >= 0.6 is 0 Å². The van der Waals surface area contributed by atoms with Gasteiger partial charge >= 0.3 is 5.97 Å². The van der Waals surface area contributed by atoms with E-state index in [2.05, 4.69) is 0 Å². The van der Waals surface area contributed by atoms with Crippen molar-refractivity contribution in [3.05, 3.63) is 27.8 Å². The van der Waals surface area contributed by atoms with Crippen molar-refractivity contribution in [2.45, 2.75) is 27.7 Å². The molecule has 68 valence electrons. The molecule has 0 saturated carbocycles. The van der Waals surface area contributed by atoms with E-state index >= 15 is 0 Å². The van der Waals surface area contributed by atoms with E-state index in [1.165, 1.54) is 5.56 Å². The number of hydrogen-bond donors (Lipinski definition) is 0. The largest absolute Gasteiger partial charge is 0.422 e. The zero-order valence-corrected chi connectivity index (χ0v) is 8.32. The number of esters is 1. The van der Waals surface area contributed by atoms with Crippen LogP contribution in [-0.2, 0) is 0 Å². The fourth-order valence-electron chi connectivity index (χ4n) is 1.92. The molecule has 2 bridgehead atoms. The third-order valence-electron chi connectivity index (χ3n) is 2.96. The van der Waals surface area contributed by atoms with Crippen molar-refractivity contribution in [2.24, 2.45) is 0 Å². The van der Waals surface area contributed by atoms with Gasteiger partial charge in [-0.3, -0.25) is 0 Å². The molecule has 13 heavy (non-hydrogen) atoms. The molecule has 0 aromatic heterocycles. The molecule has 1 heterocycles. The first kappa shape index (κ1) is 8.30. The highest BCUT2D eigenvalue weighted by atomic mass is 16.5. The van der Waals surface area contributed by atoms with Crippen molar-refractivity contribution in [3.63, 3.8) is 0 Å². The van der Waals surface area contributed by atoms with Crippen LogP contribution in [0.15, 0.2) is 0 Å². The molecule has 0 N–H and O–H groups in total. The third kappa shape index (κ3) is 0.857. The lowest BCUT2D eigenvalue weighted by Crippen LogP contribution is -2.02. The summed E-state index contributed by atoms with van der Waals surface area (Å²) in [6.07, 6.45) is 0. The molecule has 2 rings (SSSR count). The van der Waals surface area contributed by atoms with Crippen LogP contribution in [0.25, 0.3) is 0 Å². The summed E-state index contributed by atoms with van der Waals surface area (Å²) < 4.78 is 5.18. The second kappa shape index (κ2) is 2.34. The number of rotatable bonds is 0. The van der Waals surface area contributed by atoms with E-state index in [-0.39, 0.29) is 5.97 Å². The number of carbonyl (C=O) groups excluding carboxylic acids is 1. The summed E-state index contributed by atoms with van der Waals surface area (Å²) >= 11 is 0. The van der Waals surface area contributed by atoms with E-state index in [4.69, 9.17) is 4.74 Å². The van der Waals surface area contributed by atoms with Gasteiger partial charge in [0.05, 0.1) is 5.56 Å². The second-order valence-corrected chi connectivity index (χ2v) is 3.59. The zero-order chi connectivity index (χ0) is 9.75. The van der Waals surface area contributed by atoms with Crippen molar-refractivity contribution in [1.29, 1.82) is 0 Å². The van der Waals surface area contributed by atoms with Crippen LogP contribution < -0.4 is 4.74 Å². The number of benzene rings is 1. The van der Waals surface area contributed by atoms with Gasteiger partial charge in [-0.05, 0) is 44.4 Å². The van der Waals surface area contributed by atoms with E-state index in [0.717, 1.165) is 28.0 Å². The Labute approximate surface area is 77.5 Å². The molecule has 0 radical (unpaired) electrons. The minimum absolute atomic E-state index is 0.193. The second-order valence-electron chi connectivity index (χ2n) is 3.59. The van der Waals surface area contributed by atoms with Gasteiger partial charge in [0, 0.05) is 5.56 Å². The SMILES string of the molecule is Cc1c(C)c2c(C)c(c1C)C(=O)O2. The Bertz CT molecular complexity index is 417. The Morgan fingerprint density at radius 1 is 0.846 bits per heavy atom. The van der Waals surface area contributed by atoms with Crippen molar-refractivity contribution in [2.75, 3.05) is 0 Å². The first-order valence-electron chi connectivity index (χ1n) is 4.36. The third-order valence-corrected chi connectivity index (χ3v) is 2.96. The minimum atomic E-state index is -0.193. The molecule has 1 aliphatic heterocycles. The molecule has 0 unspecified atom stereocenters. The number of fused-ring (bicyclic) bond motifs is 2. The molecule has 0 atom stereocenters. The topological polar surface area (TPSA) is 26.3 Å². The predicted octanol–water partition coefficient (Wildman–Crippen LogP) is 2.45. The highest BCUT2D eigenvalue weighted by Crippen LogP contribution is 2.37. The molecular weight excluding hydrogens is 164 g/mol. The minimum Gasteiger partial charge on any atom is -0.422 e. The Morgan fingerprint density at radius 2 is 1.46 bits per heavy atom. The van der Waals surface area contributed by atoms with Crippen LogP contribution in [0.4, 0.5) is 0 Å². The van der Waals surface area contributed by atoms with Gasteiger partial charge in [0.15, 0.2) is 0 Å². The van der Waals surface area contributed by atoms with Crippen LogP contribution in [0.5, 0.6) is 5.75 Å². The number of carbonyl (C=O) groups is 1. The maximum absolute atomic E-state index is 11.4. The van der Waals surface area contributed by atoms with E-state index < -0.39 is 0 Å². The summed E-state index contributed by atoms with van der Waals surface area (Å²) in [4.78, 5) is 11.4. The molecule has 0 aliphatic carbocycles. The smallest absolute Gasteiger partial charge is 0.344 e. The van der Waals surface area contributed by atoms with Gasteiger partial charge in [0.25, 0.3) is 0 Å². The molecule has 0 amide bonds. The van der Waals surface area contributed by atoms with Crippen molar-refractivity contribution < 1.29 is 9.53 Å². The van der Waals surface area contributed by atoms with Crippen molar-refractivity contribution in [3.8, 4) is 5.75 Å². The van der Waals surface area contributed by atoms with E-state index in [9.17, 15) is 4.79 Å². The Morgan fingerprint density at radius 3 is 2.08 bits per heavy atom. The van der Waals surface area contributed by atoms with Crippen LogP contribution in [-0.4, -0.2) is 5.97 Å². The lowest BCUT2D eigenvalue weighted by molar-refractivity contribution is 0.0754. The molecule has 1 aromatic rings. The summed E-state index contributed by atoms with van der Waals surface area (Å²) in [5.41, 5.74) is 5.07. The molecular formula is C11H12O2. The molecule has 2 nitrogen and oxygen atoms in total. The van der Waals surface area contributed by atoms with E-state index in [1.807, 2.05) is 27.7 Å². The Kier molecular flexibility index (Phi) is 1.50. The molecule has 1 aliphatic rings. The quantitative estimate of drug-likeness (QED) is 0.567. The lowest BCUT2D eigenvalue weighted by Gasteiger charge is -2.07. The van der Waals surface area contributed by atoms with Gasteiger partial charge in [0.2, 0.25) is 0 Å². The highest BCUT2D eigenvalue weighted by molar-refractivity contribution is 5.99. The van der Waals surface area contributed by atoms with E-state index in [0.29, 0.717) is 0 Å². The number of ether oxygens (including phenoxy) is 1. The Hall–Kier alpha value is -1.31. The molecule has 0 fully saturated rings. The van der Waals surface area contributed by atoms with Crippen molar-refractivity contribution in [1.82, 2.24) is 0 Å². The van der Waals surface area contributed by atoms with Crippen LogP contribution in [0.2, 0.25) is 0 Å². The first-order valence-corrected chi connectivity index (χ1v) is 4.36. The maximum atomic E-state index is 11.4. The fraction of sp³-hybridized carbons (Fsp3) is 0.364. The Balaban J connectivity index is 2.89. The monoisotopic (exact) mass is 176 g/mol. The van der Waals surface area contributed by atoms with Gasteiger partial charge in [-0.15, -0.1) is 0 Å². The average Bonchev–Trinajstić information content (AvgIpc) is 2.33. The lowest BCUT2D eigenvalue weighted by atomic mass is 9.95. The molecule has 0 spiro atoms. The highest BCUT2D eigenvalue weighted by Gasteiger charge is 2.29. The van der Waals surface area contributed by atoms with Crippen LogP contribution in [0, 0.1) is 27.7 Å².